The Balaban J connectivity index is 2.20. The summed E-state index contributed by atoms with van der Waals surface area (Å²) in [6.07, 6.45) is 4.71. The molecule has 3 unspecified atom stereocenters. The second-order valence-electron chi connectivity index (χ2n) is 5.71. The molecule has 0 aromatic carbocycles. The first kappa shape index (κ1) is 16.2. The average Bonchev–Trinajstić information content (AvgIpc) is 2.80. The van der Waals surface area contributed by atoms with Crippen LogP contribution in [-0.4, -0.2) is 26.0 Å². The van der Waals surface area contributed by atoms with Gasteiger partial charge in [-0.05, 0) is 43.7 Å². The molecule has 6 heteroatoms. The van der Waals surface area contributed by atoms with Crippen LogP contribution in [0.4, 0.5) is 5.82 Å². The molecule has 2 rings (SSSR count). The molecule has 0 bridgehead atoms. The lowest BCUT2D eigenvalue weighted by atomic mass is 9.94. The second kappa shape index (κ2) is 6.75. The van der Waals surface area contributed by atoms with Gasteiger partial charge < -0.3 is 5.32 Å². The molecule has 1 aromatic heterocycles. The third-order valence-corrected chi connectivity index (χ3v) is 5.98. The van der Waals surface area contributed by atoms with Gasteiger partial charge in [0.2, 0.25) is 10.0 Å². The first-order valence-electron chi connectivity index (χ1n) is 7.70. The van der Waals surface area contributed by atoms with Crippen LogP contribution in [0.5, 0.6) is 0 Å². The van der Waals surface area contributed by atoms with Crippen molar-refractivity contribution < 1.29 is 8.42 Å². The predicted molar refractivity (Wildman–Crippen MR) is 84.7 cm³/mol. The Bertz CT molecular complexity index is 574. The maximum Gasteiger partial charge on any atom is 0.244 e. The zero-order valence-electron chi connectivity index (χ0n) is 13.0. The Hall–Kier alpha value is -1.14. The molecule has 5 nitrogen and oxygen atoms in total. The minimum atomic E-state index is -3.54. The molecule has 0 saturated heterocycles. The van der Waals surface area contributed by atoms with E-state index in [1.807, 2.05) is 6.92 Å². The number of nitrogens with one attached hydrogen (secondary N) is 2. The normalized spacial score (nSPS) is 26.0. The highest BCUT2D eigenvalue weighted by Crippen LogP contribution is 2.34. The van der Waals surface area contributed by atoms with Gasteiger partial charge in [-0.15, -0.1) is 0 Å². The summed E-state index contributed by atoms with van der Waals surface area (Å²) in [4.78, 5) is 4.36. The standard InChI is InChI=1S/C15H25N3O2S/c1-4-12-8-9-13(11(12)3)18-21(19,20)14-7-6-10-17-15(14)16-5-2/h6-7,10-13,18H,4-5,8-9H2,1-3H3,(H,16,17). The van der Waals surface area contributed by atoms with Crippen LogP contribution >= 0.6 is 0 Å². The number of rotatable bonds is 6. The third-order valence-electron chi connectivity index (χ3n) is 4.46. The maximum atomic E-state index is 12.6. The van der Waals surface area contributed by atoms with E-state index in [-0.39, 0.29) is 10.9 Å². The molecule has 1 aliphatic carbocycles. The van der Waals surface area contributed by atoms with Crippen molar-refractivity contribution in [2.24, 2.45) is 11.8 Å². The van der Waals surface area contributed by atoms with E-state index in [2.05, 4.69) is 28.9 Å². The number of pyridine rings is 1. The van der Waals surface area contributed by atoms with E-state index >= 15 is 0 Å². The molecule has 0 spiro atoms. The van der Waals surface area contributed by atoms with Gasteiger partial charge in [-0.2, -0.15) is 0 Å². The van der Waals surface area contributed by atoms with Gasteiger partial charge >= 0.3 is 0 Å². The summed E-state index contributed by atoms with van der Waals surface area (Å²) in [7, 11) is -3.54. The van der Waals surface area contributed by atoms with Crippen LogP contribution in [0.15, 0.2) is 23.2 Å². The van der Waals surface area contributed by atoms with E-state index in [4.69, 9.17) is 0 Å². The lowest BCUT2D eigenvalue weighted by Gasteiger charge is -2.21. The quantitative estimate of drug-likeness (QED) is 0.847. The van der Waals surface area contributed by atoms with E-state index in [1.165, 1.54) is 0 Å². The number of aromatic nitrogens is 1. The summed E-state index contributed by atoms with van der Waals surface area (Å²) in [6.45, 7) is 6.87. The lowest BCUT2D eigenvalue weighted by molar-refractivity contribution is 0.368. The van der Waals surface area contributed by atoms with Gasteiger partial charge in [0.25, 0.3) is 0 Å². The smallest absolute Gasteiger partial charge is 0.244 e. The van der Waals surface area contributed by atoms with E-state index in [1.54, 1.807) is 18.3 Å². The van der Waals surface area contributed by atoms with E-state index in [9.17, 15) is 8.42 Å². The molecule has 2 N–H and O–H groups in total. The van der Waals surface area contributed by atoms with Gasteiger partial charge in [0.1, 0.15) is 10.7 Å². The Kier molecular flexibility index (Phi) is 5.22. The zero-order valence-corrected chi connectivity index (χ0v) is 13.8. The van der Waals surface area contributed by atoms with E-state index in [0.29, 0.717) is 24.2 Å². The number of nitrogens with zero attached hydrogens (tertiary/aromatic N) is 1. The highest BCUT2D eigenvalue weighted by atomic mass is 32.2. The molecule has 3 atom stereocenters. The molecule has 0 amide bonds. The minimum absolute atomic E-state index is 0.0228. The fourth-order valence-electron chi connectivity index (χ4n) is 3.16. The highest BCUT2D eigenvalue weighted by Gasteiger charge is 2.35. The van der Waals surface area contributed by atoms with Crippen molar-refractivity contribution in [3.8, 4) is 0 Å². The summed E-state index contributed by atoms with van der Waals surface area (Å²) in [6, 6.07) is 3.28. The van der Waals surface area contributed by atoms with Crippen molar-refractivity contribution in [1.82, 2.24) is 9.71 Å². The van der Waals surface area contributed by atoms with Crippen molar-refractivity contribution >= 4 is 15.8 Å². The molecule has 1 aromatic rings. The molecule has 118 valence electrons. The van der Waals surface area contributed by atoms with Crippen molar-refractivity contribution in [2.45, 2.75) is 51.0 Å². The third kappa shape index (κ3) is 3.55. The molecule has 1 aliphatic rings. The molecular weight excluding hydrogens is 286 g/mol. The van der Waals surface area contributed by atoms with Crippen molar-refractivity contribution in [3.63, 3.8) is 0 Å². The van der Waals surface area contributed by atoms with Gasteiger partial charge in [0.15, 0.2) is 0 Å². The molecule has 21 heavy (non-hydrogen) atoms. The minimum Gasteiger partial charge on any atom is -0.369 e. The van der Waals surface area contributed by atoms with Gasteiger partial charge in [-0.25, -0.2) is 18.1 Å². The van der Waals surface area contributed by atoms with Crippen molar-refractivity contribution in [2.75, 3.05) is 11.9 Å². The van der Waals surface area contributed by atoms with Crippen LogP contribution in [0.2, 0.25) is 0 Å². The molecule has 0 aliphatic heterocycles. The zero-order chi connectivity index (χ0) is 15.5. The van der Waals surface area contributed by atoms with Crippen LogP contribution in [0.3, 0.4) is 0 Å². The molecule has 1 fully saturated rings. The Morgan fingerprint density at radius 1 is 1.33 bits per heavy atom. The van der Waals surface area contributed by atoms with Crippen LogP contribution in [0.1, 0.15) is 40.0 Å². The summed E-state index contributed by atoms with van der Waals surface area (Å²) in [5.41, 5.74) is 0. The SMILES string of the molecule is CCNc1ncccc1S(=O)(=O)NC1CCC(CC)C1C. The van der Waals surface area contributed by atoms with E-state index in [0.717, 1.165) is 19.3 Å². The Labute approximate surface area is 127 Å². The highest BCUT2D eigenvalue weighted by molar-refractivity contribution is 7.89. The molecule has 1 saturated carbocycles. The van der Waals surface area contributed by atoms with Crippen molar-refractivity contribution in [3.05, 3.63) is 18.3 Å². The van der Waals surface area contributed by atoms with Gasteiger partial charge in [-0.1, -0.05) is 20.3 Å². The summed E-state index contributed by atoms with van der Waals surface area (Å²) >= 11 is 0. The summed E-state index contributed by atoms with van der Waals surface area (Å²) in [5, 5.41) is 3.01. The summed E-state index contributed by atoms with van der Waals surface area (Å²) < 4.78 is 28.1. The first-order valence-corrected chi connectivity index (χ1v) is 9.19. The molecular formula is C15H25N3O2S. The number of hydrogen-bond acceptors (Lipinski definition) is 4. The maximum absolute atomic E-state index is 12.6. The van der Waals surface area contributed by atoms with Crippen molar-refractivity contribution in [1.29, 1.82) is 0 Å². The predicted octanol–water partition coefficient (Wildman–Crippen LogP) is 2.62. The first-order chi connectivity index (χ1) is 9.99. The van der Waals surface area contributed by atoms with Crippen LogP contribution < -0.4 is 10.0 Å². The monoisotopic (exact) mass is 311 g/mol. The van der Waals surface area contributed by atoms with Crippen LogP contribution in [-0.2, 0) is 10.0 Å². The fourth-order valence-corrected chi connectivity index (χ4v) is 4.66. The summed E-state index contributed by atoms with van der Waals surface area (Å²) in [5.74, 6) is 1.41. The van der Waals surface area contributed by atoms with Gasteiger partial charge in [0, 0.05) is 18.8 Å². The number of anilines is 1. The average molecular weight is 311 g/mol. The lowest BCUT2D eigenvalue weighted by Crippen LogP contribution is -2.37. The Morgan fingerprint density at radius 3 is 2.71 bits per heavy atom. The number of sulfonamides is 1. The molecule has 1 heterocycles. The topological polar surface area (TPSA) is 71.1 Å². The largest absolute Gasteiger partial charge is 0.369 e. The Morgan fingerprint density at radius 2 is 2.10 bits per heavy atom. The van der Waals surface area contributed by atoms with Crippen LogP contribution in [0.25, 0.3) is 0 Å². The molecule has 0 radical (unpaired) electrons. The fraction of sp³-hybridized carbons (Fsp3) is 0.667. The van der Waals surface area contributed by atoms with Gasteiger partial charge in [-0.3, -0.25) is 0 Å². The second-order valence-corrected chi connectivity index (χ2v) is 7.40. The van der Waals surface area contributed by atoms with E-state index < -0.39 is 10.0 Å². The van der Waals surface area contributed by atoms with Crippen LogP contribution in [0, 0.1) is 11.8 Å². The number of hydrogen-bond donors (Lipinski definition) is 2. The van der Waals surface area contributed by atoms with Gasteiger partial charge in [0.05, 0.1) is 0 Å².